The van der Waals surface area contributed by atoms with Gasteiger partial charge in [0.1, 0.15) is 5.82 Å². The van der Waals surface area contributed by atoms with Crippen molar-refractivity contribution in [2.75, 3.05) is 19.6 Å². The van der Waals surface area contributed by atoms with E-state index in [-0.39, 0.29) is 11.7 Å². The van der Waals surface area contributed by atoms with Crippen LogP contribution in [0, 0.1) is 17.7 Å². The van der Waals surface area contributed by atoms with Crippen molar-refractivity contribution in [3.63, 3.8) is 0 Å². The second-order valence-electron chi connectivity index (χ2n) is 6.16. The molecule has 1 aliphatic rings. The van der Waals surface area contributed by atoms with E-state index in [9.17, 15) is 9.50 Å². The van der Waals surface area contributed by atoms with Crippen LogP contribution in [0.5, 0.6) is 0 Å². The van der Waals surface area contributed by atoms with Gasteiger partial charge in [-0.25, -0.2) is 4.39 Å². The van der Waals surface area contributed by atoms with E-state index in [0.717, 1.165) is 25.6 Å². The third-order valence-electron chi connectivity index (χ3n) is 4.25. The Morgan fingerprint density at radius 2 is 2.20 bits per heavy atom. The average Bonchev–Trinajstić information content (AvgIpc) is 2.64. The summed E-state index contributed by atoms with van der Waals surface area (Å²) in [5.41, 5.74) is 0.557. The Labute approximate surface area is 120 Å². The molecule has 0 amide bonds. The average molecular weight is 280 g/mol. The van der Waals surface area contributed by atoms with Crippen molar-refractivity contribution in [2.24, 2.45) is 11.8 Å². The topological polar surface area (TPSA) is 36.4 Å². The fraction of sp³-hybridized carbons (Fsp3) is 0.688. The number of hydrogen-bond acceptors (Lipinski definition) is 3. The number of nitrogens with zero attached hydrogens (tertiary/aromatic N) is 2. The van der Waals surface area contributed by atoms with Crippen LogP contribution in [-0.4, -0.2) is 34.6 Å². The highest BCUT2D eigenvalue weighted by Gasteiger charge is 2.22. The maximum Gasteiger partial charge on any atom is 0.141 e. The summed E-state index contributed by atoms with van der Waals surface area (Å²) < 4.78 is 12.9. The zero-order valence-electron chi connectivity index (χ0n) is 12.4. The van der Waals surface area contributed by atoms with Crippen molar-refractivity contribution in [2.45, 2.75) is 39.2 Å². The van der Waals surface area contributed by atoms with Gasteiger partial charge in [0.15, 0.2) is 0 Å². The van der Waals surface area contributed by atoms with Crippen LogP contribution in [0.25, 0.3) is 0 Å². The van der Waals surface area contributed by atoms with Crippen LogP contribution in [0.2, 0.25) is 0 Å². The molecule has 3 atom stereocenters. The second-order valence-corrected chi connectivity index (χ2v) is 6.16. The quantitative estimate of drug-likeness (QED) is 0.921. The maximum absolute atomic E-state index is 12.9. The first-order valence-corrected chi connectivity index (χ1v) is 7.58. The molecule has 1 aliphatic heterocycles. The minimum Gasteiger partial charge on any atom is -0.386 e. The fourth-order valence-electron chi connectivity index (χ4n) is 2.87. The summed E-state index contributed by atoms with van der Waals surface area (Å²) >= 11 is 0. The maximum atomic E-state index is 12.9. The van der Waals surface area contributed by atoms with Crippen LogP contribution in [-0.2, 0) is 0 Å². The van der Waals surface area contributed by atoms with Crippen LogP contribution in [0.3, 0.4) is 0 Å². The summed E-state index contributed by atoms with van der Waals surface area (Å²) in [5, 5.41) is 10.3. The van der Waals surface area contributed by atoms with Crippen LogP contribution in [0.1, 0.15) is 44.9 Å². The number of aliphatic hydroxyl groups is 1. The third-order valence-corrected chi connectivity index (χ3v) is 4.25. The molecule has 1 fully saturated rings. The second kappa shape index (κ2) is 7.14. The minimum atomic E-state index is -0.628. The van der Waals surface area contributed by atoms with Gasteiger partial charge in [-0.15, -0.1) is 0 Å². The molecule has 1 N–H and O–H groups in total. The van der Waals surface area contributed by atoms with Gasteiger partial charge < -0.3 is 10.0 Å². The molecule has 0 aliphatic carbocycles. The Kier molecular flexibility index (Phi) is 5.49. The number of likely N-dealkylation sites (tertiary alicyclic amines) is 1. The van der Waals surface area contributed by atoms with Crippen LogP contribution in [0.4, 0.5) is 4.39 Å². The lowest BCUT2D eigenvalue weighted by atomic mass is 10.0. The zero-order valence-corrected chi connectivity index (χ0v) is 12.4. The van der Waals surface area contributed by atoms with Crippen LogP contribution < -0.4 is 0 Å². The molecule has 4 heteroatoms. The van der Waals surface area contributed by atoms with Gasteiger partial charge in [-0.2, -0.15) is 0 Å². The Morgan fingerprint density at radius 3 is 2.90 bits per heavy atom. The van der Waals surface area contributed by atoms with E-state index in [1.54, 1.807) is 6.07 Å². The van der Waals surface area contributed by atoms with Gasteiger partial charge in [-0.05, 0) is 50.4 Å². The molecule has 0 spiro atoms. The summed E-state index contributed by atoms with van der Waals surface area (Å²) in [7, 11) is 0. The van der Waals surface area contributed by atoms with Crippen molar-refractivity contribution < 1.29 is 9.50 Å². The smallest absolute Gasteiger partial charge is 0.141 e. The molecule has 3 unspecified atom stereocenters. The molecule has 1 aromatic heterocycles. The molecule has 0 saturated carbocycles. The number of halogens is 1. The molecule has 1 aromatic rings. The van der Waals surface area contributed by atoms with Crippen molar-refractivity contribution >= 4 is 0 Å². The monoisotopic (exact) mass is 280 g/mol. The molecule has 3 nitrogen and oxygen atoms in total. The largest absolute Gasteiger partial charge is 0.386 e. The highest BCUT2D eigenvalue weighted by atomic mass is 19.1. The number of pyridine rings is 1. The summed E-state index contributed by atoms with van der Waals surface area (Å²) in [4.78, 5) is 6.41. The normalized spacial score (nSPS) is 24.1. The number of hydrogen-bond donors (Lipinski definition) is 1. The lowest BCUT2D eigenvalue weighted by Crippen LogP contribution is -2.32. The first-order valence-electron chi connectivity index (χ1n) is 7.58. The first-order chi connectivity index (χ1) is 9.56. The summed E-state index contributed by atoms with van der Waals surface area (Å²) in [5.74, 6) is 0.537. The summed E-state index contributed by atoms with van der Waals surface area (Å²) in [6.45, 7) is 7.43. The van der Waals surface area contributed by atoms with Gasteiger partial charge in [-0.3, -0.25) is 4.98 Å². The van der Waals surface area contributed by atoms with Gasteiger partial charge in [-0.1, -0.05) is 13.8 Å². The molecule has 112 valence electrons. The summed E-state index contributed by atoms with van der Waals surface area (Å²) in [6, 6.07) is 2.92. The van der Waals surface area contributed by atoms with Gasteiger partial charge in [0.2, 0.25) is 0 Å². The lowest BCUT2D eigenvalue weighted by molar-refractivity contribution is 0.0853. The molecular weight excluding hydrogens is 255 g/mol. The molecule has 20 heavy (non-hydrogen) atoms. The molecule has 2 heterocycles. The Morgan fingerprint density at radius 1 is 1.40 bits per heavy atom. The first kappa shape index (κ1) is 15.4. The Bertz CT molecular complexity index is 409. The van der Waals surface area contributed by atoms with Gasteiger partial charge in [0.25, 0.3) is 0 Å². The molecular formula is C16H25FN2O. The minimum absolute atomic E-state index is 0.0985. The van der Waals surface area contributed by atoms with Gasteiger partial charge in [0.05, 0.1) is 18.0 Å². The van der Waals surface area contributed by atoms with E-state index < -0.39 is 6.10 Å². The van der Waals surface area contributed by atoms with Crippen molar-refractivity contribution in [1.29, 1.82) is 0 Å². The standard InChI is InChI=1S/C16H25FN2O/c1-12-4-3-8-19(9-7-12)11-13(2)16(20)15-6-5-14(17)10-18-15/h5-6,10,12-13,16,20H,3-4,7-9,11H2,1-2H3. The number of aromatic nitrogens is 1. The van der Waals surface area contributed by atoms with Crippen LogP contribution in [0.15, 0.2) is 18.3 Å². The van der Waals surface area contributed by atoms with E-state index in [1.165, 1.54) is 31.5 Å². The zero-order chi connectivity index (χ0) is 14.5. The Hall–Kier alpha value is -1.00. The highest BCUT2D eigenvalue weighted by molar-refractivity contribution is 5.08. The van der Waals surface area contributed by atoms with Crippen molar-refractivity contribution in [3.8, 4) is 0 Å². The van der Waals surface area contributed by atoms with Crippen LogP contribution >= 0.6 is 0 Å². The number of aliphatic hydroxyl groups excluding tert-OH is 1. The molecule has 0 aromatic carbocycles. The molecule has 0 bridgehead atoms. The fourth-order valence-corrected chi connectivity index (χ4v) is 2.87. The van der Waals surface area contributed by atoms with E-state index in [2.05, 4.69) is 16.8 Å². The molecule has 1 saturated heterocycles. The molecule has 0 radical (unpaired) electrons. The SMILES string of the molecule is CC1CCCN(CC(C)C(O)c2ccc(F)cn2)CC1. The highest BCUT2D eigenvalue weighted by Crippen LogP contribution is 2.23. The van der Waals surface area contributed by atoms with Crippen molar-refractivity contribution in [1.82, 2.24) is 9.88 Å². The van der Waals surface area contributed by atoms with Gasteiger partial charge in [0, 0.05) is 12.5 Å². The predicted molar refractivity (Wildman–Crippen MR) is 77.8 cm³/mol. The lowest BCUT2D eigenvalue weighted by Gasteiger charge is -2.26. The Balaban J connectivity index is 1.90. The van der Waals surface area contributed by atoms with E-state index >= 15 is 0 Å². The van der Waals surface area contributed by atoms with E-state index in [1.807, 2.05) is 6.92 Å². The predicted octanol–water partition coefficient (Wildman–Crippen LogP) is 3.01. The molecule has 2 rings (SSSR count). The van der Waals surface area contributed by atoms with Crippen molar-refractivity contribution in [3.05, 3.63) is 29.8 Å². The van der Waals surface area contributed by atoms with Gasteiger partial charge >= 0.3 is 0 Å². The van der Waals surface area contributed by atoms with E-state index in [4.69, 9.17) is 0 Å². The summed E-state index contributed by atoms with van der Waals surface area (Å²) in [6.07, 6.45) is 4.30. The number of rotatable bonds is 4. The third kappa shape index (κ3) is 4.25. The van der Waals surface area contributed by atoms with E-state index in [0.29, 0.717) is 5.69 Å².